The van der Waals surface area contributed by atoms with E-state index in [1.165, 1.54) is 12.0 Å². The van der Waals surface area contributed by atoms with E-state index in [0.717, 1.165) is 24.1 Å². The molecule has 0 aromatic carbocycles. The van der Waals surface area contributed by atoms with Gasteiger partial charge in [0.1, 0.15) is 42.0 Å². The maximum atomic E-state index is 14.7. The molecule has 2 bridgehead atoms. The Labute approximate surface area is 629 Å². The number of Topliss-reactive ketones (excluding diaryl/α,β-unsaturated/α-hetero) is 4. The Bertz CT molecular complexity index is 3400. The van der Waals surface area contributed by atoms with Gasteiger partial charge in [-0.05, 0) is 198 Å². The summed E-state index contributed by atoms with van der Waals surface area (Å²) in [7, 11) is 8.96. The lowest BCUT2D eigenvalue weighted by Crippen LogP contribution is -2.60. The van der Waals surface area contributed by atoms with Crippen molar-refractivity contribution in [1.29, 1.82) is 0 Å². The van der Waals surface area contributed by atoms with Crippen molar-refractivity contribution in [2.75, 3.05) is 61.6 Å². The second kappa shape index (κ2) is 38.3. The number of nitrogens with zero attached hydrogens (tertiary/aromatic N) is 3. The van der Waals surface area contributed by atoms with E-state index in [1.807, 2.05) is 91.0 Å². The van der Waals surface area contributed by atoms with Crippen molar-refractivity contribution < 1.29 is 91.6 Å². The number of allylic oxidation sites excluding steroid dienone is 8. The van der Waals surface area contributed by atoms with Gasteiger partial charge < -0.3 is 63.2 Å². The van der Waals surface area contributed by atoms with Crippen LogP contribution in [0.15, 0.2) is 81.9 Å². The zero-order chi connectivity index (χ0) is 77.5. The zero-order valence-electron chi connectivity index (χ0n) is 65.9. The first-order valence-electron chi connectivity index (χ1n) is 39.5. The number of piperidine rings is 1. The van der Waals surface area contributed by atoms with Gasteiger partial charge in [0.2, 0.25) is 11.6 Å². The average Bonchev–Trinajstić information content (AvgIpc) is 1.15. The number of ether oxygens (including phenoxy) is 7. The first kappa shape index (κ1) is 85.2. The smallest absolute Gasteiger partial charge is 0.340 e. The number of hydrogen-bond acceptors (Lipinski definition) is 21. The van der Waals surface area contributed by atoms with Crippen LogP contribution < -0.4 is 0 Å². The first-order chi connectivity index (χ1) is 50.2. The Hall–Kier alpha value is -6.43. The summed E-state index contributed by atoms with van der Waals surface area (Å²) in [6.45, 7) is 18.5. The lowest BCUT2D eigenvalue weighted by molar-refractivity contribution is -0.263. The molecule has 3 saturated heterocycles. The first-order valence-corrected chi connectivity index (χ1v) is 39.5. The third-order valence-corrected chi connectivity index (χ3v) is 24.7. The fraction of sp³-hybridized carbons (Fsp3) is 0.726. The van der Waals surface area contributed by atoms with E-state index in [0.29, 0.717) is 140 Å². The van der Waals surface area contributed by atoms with Crippen molar-refractivity contribution in [2.45, 2.75) is 277 Å². The molecule has 8 aliphatic rings. The number of fused-ring (bicyclic) bond motifs is 7. The van der Waals surface area contributed by atoms with Crippen LogP contribution in [0.2, 0.25) is 0 Å². The summed E-state index contributed by atoms with van der Waals surface area (Å²) < 4.78 is 42.6. The summed E-state index contributed by atoms with van der Waals surface area (Å²) in [6, 6.07) is -1.18. The SMILES string of the molecule is COC[C@H]1OC(=O)/C(=C/N(C)CCCN(C)C)C2=C(O)C(=O)C3=C(CC[C@@]4(C)C3CC[C@@H]4OC(=O)CCCCCCC(=O)O[C@@H]3CC[C@@H](C[C@@H](C)[C@@H]4CC(=O)[C@H](C)/C=C(\C)[C@@H](O)CC(=O)[C@H](C)C[C@H](C)/C=C/C=C/C=C(\C)CC[C@@H]5CC[C@@H](C)[C@@](O)(O5)C(=O)C(=O)N5CCCC[C@H]5C(=O)O4)C[C@H]3OC)[C@]21C. The lowest BCUT2D eigenvalue weighted by Gasteiger charge is -2.52. The molecule has 0 spiro atoms. The minimum atomic E-state index is -2.41. The molecule has 590 valence electrons. The molecule has 0 aromatic rings. The summed E-state index contributed by atoms with van der Waals surface area (Å²) >= 11 is 0. The largest absolute Gasteiger partial charge is 0.504 e. The van der Waals surface area contributed by atoms with Crippen molar-refractivity contribution in [3.63, 3.8) is 0 Å². The fourth-order valence-corrected chi connectivity index (χ4v) is 17.9. The number of methoxy groups -OCH3 is 2. The maximum absolute atomic E-state index is 14.7. The number of ketones is 4. The molecule has 1 unspecified atom stereocenters. The van der Waals surface area contributed by atoms with Crippen molar-refractivity contribution in [3.05, 3.63) is 81.9 Å². The highest BCUT2D eigenvalue weighted by Crippen LogP contribution is 2.63. The van der Waals surface area contributed by atoms with Crippen LogP contribution in [0.1, 0.15) is 223 Å². The minimum Gasteiger partial charge on any atom is -0.504 e. The van der Waals surface area contributed by atoms with Crippen LogP contribution in [0.3, 0.4) is 0 Å². The molecule has 106 heavy (non-hydrogen) atoms. The molecule has 0 radical (unpaired) electrons. The van der Waals surface area contributed by atoms with Gasteiger partial charge in [-0.3, -0.25) is 33.6 Å². The van der Waals surface area contributed by atoms with Crippen LogP contribution in [0.25, 0.3) is 0 Å². The molecule has 5 fully saturated rings. The predicted molar refractivity (Wildman–Crippen MR) is 400 cm³/mol. The number of amides is 1. The number of carbonyl (C=O) groups excluding carboxylic acids is 9. The summed E-state index contributed by atoms with van der Waals surface area (Å²) in [5, 5.41) is 35.3. The van der Waals surface area contributed by atoms with Crippen LogP contribution in [0.5, 0.6) is 0 Å². The Morgan fingerprint density at radius 3 is 2.20 bits per heavy atom. The highest BCUT2D eigenvalue weighted by Gasteiger charge is 2.62. The number of rotatable bonds is 20. The van der Waals surface area contributed by atoms with Crippen LogP contribution in [-0.2, 0) is 76.3 Å². The summed E-state index contributed by atoms with van der Waals surface area (Å²) in [6.07, 6.45) is 20.0. The number of aliphatic hydroxyl groups excluding tert-OH is 2. The second-order valence-electron chi connectivity index (χ2n) is 33.1. The predicted octanol–water partition coefficient (Wildman–Crippen LogP) is 12.0. The molecule has 3 N–H and O–H groups in total. The summed E-state index contributed by atoms with van der Waals surface area (Å²) in [5.74, 6) is -10.4. The van der Waals surface area contributed by atoms with E-state index in [2.05, 4.69) is 11.8 Å². The highest BCUT2D eigenvalue weighted by atomic mass is 16.6. The average molecular weight is 1480 g/mol. The van der Waals surface area contributed by atoms with Gasteiger partial charge in [-0.25, -0.2) is 9.59 Å². The Morgan fingerprint density at radius 1 is 0.783 bits per heavy atom. The van der Waals surface area contributed by atoms with Gasteiger partial charge in [0.05, 0.1) is 35.9 Å². The van der Waals surface area contributed by atoms with Gasteiger partial charge in [-0.15, -0.1) is 0 Å². The molecular formula is C84H125N3O19. The Balaban J connectivity index is 0.849. The number of carbonyl (C=O) groups is 9. The quantitative estimate of drug-likeness (QED) is 0.0255. The number of esters is 4. The van der Waals surface area contributed by atoms with Gasteiger partial charge >= 0.3 is 23.9 Å². The zero-order valence-corrected chi connectivity index (χ0v) is 65.9. The van der Waals surface area contributed by atoms with Gasteiger partial charge in [-0.1, -0.05) is 96.4 Å². The van der Waals surface area contributed by atoms with Crippen molar-refractivity contribution in [1.82, 2.24) is 14.7 Å². The number of unbranched alkanes of at least 4 members (excludes halogenated alkanes) is 3. The van der Waals surface area contributed by atoms with Gasteiger partial charge in [0.15, 0.2) is 5.76 Å². The van der Waals surface area contributed by atoms with Gasteiger partial charge in [0, 0.05) is 101 Å². The highest BCUT2D eigenvalue weighted by molar-refractivity contribution is 6.39. The molecule has 0 aromatic heterocycles. The van der Waals surface area contributed by atoms with E-state index in [4.69, 9.17) is 33.2 Å². The standard InChI is InChI=1S/C84H125N3O19/c1-51-25-18-17-19-26-52(2)43-53(3)64(88)47-65(89)54(4)44-55(5)66(90)48-68(103-81(98)63-27-22-23-42-87(63)79(96)78(95)84(99)57(7)31-34-59(106-84)33-30-51)56(6)45-58-32-36-67(69(46-58)101-14)102-72(91)28-20-15-16-21-29-73(92)104-70-37-35-61-74-62(38-39-82(61,70)8)83(9)71(50-100-13)105-80(97)60(75(83)77(94)76(74)93)49-86(12)41-24-40-85(10)11/h17-19,25-26,44,49,52-53,55-59,61,63,65,67-71,89,94,99H,15-16,20-24,27-43,45-48,50H2,1-14H3/b18-17+,26-19+,51-25+,54-44+,60-49+/t52-,53-,55-,56-,57-,58+,59-,61?,63+,65+,67-,68+,69-,70+,71-,82+,83+,84-/m1/s1. The van der Waals surface area contributed by atoms with Crippen LogP contribution in [0, 0.1) is 52.3 Å². The van der Waals surface area contributed by atoms with E-state index >= 15 is 0 Å². The fourth-order valence-electron chi connectivity index (χ4n) is 17.9. The number of hydrogen-bond donors (Lipinski definition) is 3. The topological polar surface area (TPSA) is 289 Å². The van der Waals surface area contributed by atoms with Crippen LogP contribution in [0.4, 0.5) is 0 Å². The number of aliphatic hydroxyl groups is 3. The van der Waals surface area contributed by atoms with Crippen molar-refractivity contribution in [2.24, 2.45) is 52.3 Å². The van der Waals surface area contributed by atoms with E-state index in [9.17, 15) is 58.5 Å². The molecular weight excluding hydrogens is 1350 g/mol. The lowest BCUT2D eigenvalue weighted by atomic mass is 9.54. The van der Waals surface area contributed by atoms with Gasteiger partial charge in [-0.2, -0.15) is 0 Å². The maximum Gasteiger partial charge on any atom is 0.340 e. The Kier molecular flexibility index (Phi) is 30.8. The Morgan fingerprint density at radius 2 is 1.50 bits per heavy atom. The second-order valence-corrected chi connectivity index (χ2v) is 33.1. The molecule has 22 nitrogen and oxygen atoms in total. The molecule has 2 saturated carbocycles. The monoisotopic (exact) mass is 1480 g/mol. The third kappa shape index (κ3) is 20.7. The molecule has 1 amide bonds. The van der Waals surface area contributed by atoms with Crippen molar-refractivity contribution >= 4 is 52.9 Å². The normalized spacial score (nSPS) is 35.9. The summed E-state index contributed by atoms with van der Waals surface area (Å²) in [5.41, 5.74) is 1.68. The third-order valence-electron chi connectivity index (χ3n) is 24.7. The molecule has 8 rings (SSSR count). The van der Waals surface area contributed by atoms with Crippen molar-refractivity contribution in [3.8, 4) is 0 Å². The minimum absolute atomic E-state index is 0.00134. The number of cyclic esters (lactones) is 2. The van der Waals surface area contributed by atoms with Gasteiger partial charge in [0.25, 0.3) is 11.7 Å². The van der Waals surface area contributed by atoms with E-state index < -0.39 is 118 Å². The van der Waals surface area contributed by atoms with Crippen LogP contribution in [-0.4, -0.2) is 199 Å². The van der Waals surface area contributed by atoms with E-state index in [1.54, 1.807) is 40.2 Å². The van der Waals surface area contributed by atoms with E-state index in [-0.39, 0.29) is 104 Å². The molecule has 18 atom stereocenters. The van der Waals surface area contributed by atoms with Crippen LogP contribution >= 0.6 is 0 Å². The molecule has 22 heteroatoms. The molecule has 4 aliphatic heterocycles. The molecule has 4 aliphatic carbocycles. The summed E-state index contributed by atoms with van der Waals surface area (Å²) in [4.78, 5) is 132. The molecule has 4 heterocycles.